The number of rotatable bonds is 6. The molecule has 150 valence electrons. The number of carbonyl (C=O) groups excluding carboxylic acids is 1. The average molecular weight is 419 g/mol. The molecular weight excluding hydrogens is 392 g/mol. The number of nitrogens with zero attached hydrogens (tertiary/aromatic N) is 2. The van der Waals surface area contributed by atoms with Gasteiger partial charge < -0.3 is 4.90 Å². The summed E-state index contributed by atoms with van der Waals surface area (Å²) in [5.74, 6) is 0.316. The minimum atomic E-state index is -3.62. The minimum Gasteiger partial charge on any atom is -0.335 e. The highest BCUT2D eigenvalue weighted by molar-refractivity contribution is 7.89. The van der Waals surface area contributed by atoms with E-state index in [2.05, 4.69) is 13.8 Å². The van der Waals surface area contributed by atoms with Crippen LogP contribution >= 0.6 is 11.3 Å². The summed E-state index contributed by atoms with van der Waals surface area (Å²) >= 11 is 1.69. The highest BCUT2D eigenvalue weighted by Gasteiger charge is 2.34. The smallest absolute Gasteiger partial charge is 0.254 e. The molecule has 1 saturated carbocycles. The first-order valence-corrected chi connectivity index (χ1v) is 12.1. The minimum absolute atomic E-state index is 0.0629. The fourth-order valence-corrected chi connectivity index (χ4v) is 6.06. The van der Waals surface area contributed by atoms with Crippen LogP contribution in [0.3, 0.4) is 0 Å². The third-order valence-corrected chi connectivity index (χ3v) is 8.17. The van der Waals surface area contributed by atoms with E-state index in [-0.39, 0.29) is 10.8 Å². The summed E-state index contributed by atoms with van der Waals surface area (Å²) in [6.45, 7) is 5.78. The molecule has 4 rings (SSSR count). The Labute approximate surface area is 171 Å². The van der Waals surface area contributed by atoms with E-state index >= 15 is 0 Å². The second kappa shape index (κ2) is 7.61. The molecule has 1 aliphatic carbocycles. The molecule has 1 aliphatic heterocycles. The molecule has 0 spiro atoms. The van der Waals surface area contributed by atoms with Crippen molar-refractivity contribution in [3.8, 4) is 0 Å². The quantitative estimate of drug-likeness (QED) is 0.718. The van der Waals surface area contributed by atoms with Crippen LogP contribution in [0.1, 0.15) is 47.5 Å². The molecule has 0 radical (unpaired) electrons. The maximum atomic E-state index is 13.2. The number of fused-ring (bicyclic) bond motifs is 1. The summed E-state index contributed by atoms with van der Waals surface area (Å²) < 4.78 is 27.9. The summed E-state index contributed by atoms with van der Waals surface area (Å²) in [6, 6.07) is 8.86. The SMILES string of the molecule is CC(C)CN(C(=O)c1cccc(S(=O)(=O)N2CCc3sccc3C2)c1)C1CC1. The second-order valence-corrected chi connectivity index (χ2v) is 11.0. The summed E-state index contributed by atoms with van der Waals surface area (Å²) in [5.41, 5.74) is 1.55. The summed E-state index contributed by atoms with van der Waals surface area (Å²) in [5, 5.41) is 2.02. The van der Waals surface area contributed by atoms with Crippen molar-refractivity contribution in [1.29, 1.82) is 0 Å². The average Bonchev–Trinajstić information content (AvgIpc) is 3.41. The third-order valence-electron chi connectivity index (χ3n) is 5.30. The van der Waals surface area contributed by atoms with E-state index in [4.69, 9.17) is 0 Å². The third kappa shape index (κ3) is 3.88. The topological polar surface area (TPSA) is 57.7 Å². The van der Waals surface area contributed by atoms with Crippen LogP contribution in [0.4, 0.5) is 0 Å². The van der Waals surface area contributed by atoms with Crippen molar-refractivity contribution >= 4 is 27.3 Å². The first kappa shape index (κ1) is 19.6. The molecule has 1 amide bonds. The summed E-state index contributed by atoms with van der Waals surface area (Å²) in [6.07, 6.45) is 2.81. The number of thiophene rings is 1. The Morgan fingerprint density at radius 3 is 2.79 bits per heavy atom. The van der Waals surface area contributed by atoms with E-state index in [1.807, 2.05) is 16.3 Å². The Morgan fingerprint density at radius 1 is 1.29 bits per heavy atom. The van der Waals surface area contributed by atoms with Crippen molar-refractivity contribution in [2.45, 2.75) is 50.6 Å². The zero-order chi connectivity index (χ0) is 19.9. The fraction of sp³-hybridized carbons (Fsp3) is 0.476. The van der Waals surface area contributed by atoms with E-state index in [0.717, 1.165) is 24.8 Å². The molecule has 2 aromatic rings. The van der Waals surface area contributed by atoms with Crippen molar-refractivity contribution < 1.29 is 13.2 Å². The van der Waals surface area contributed by atoms with Gasteiger partial charge in [0.15, 0.2) is 0 Å². The predicted molar refractivity (Wildman–Crippen MR) is 111 cm³/mol. The normalized spacial score (nSPS) is 17.5. The molecule has 1 aromatic carbocycles. The van der Waals surface area contributed by atoms with Gasteiger partial charge >= 0.3 is 0 Å². The summed E-state index contributed by atoms with van der Waals surface area (Å²) in [4.78, 5) is 16.5. The first-order chi connectivity index (χ1) is 13.4. The van der Waals surface area contributed by atoms with Gasteiger partial charge in [0.25, 0.3) is 5.91 Å². The van der Waals surface area contributed by atoms with Crippen LogP contribution in [0.2, 0.25) is 0 Å². The Balaban J connectivity index is 1.58. The number of benzene rings is 1. The van der Waals surface area contributed by atoms with Crippen molar-refractivity contribution in [3.63, 3.8) is 0 Å². The maximum absolute atomic E-state index is 13.2. The highest BCUT2D eigenvalue weighted by Crippen LogP contribution is 2.31. The van der Waals surface area contributed by atoms with Gasteiger partial charge in [-0.2, -0.15) is 4.31 Å². The van der Waals surface area contributed by atoms with Gasteiger partial charge in [0.2, 0.25) is 10.0 Å². The van der Waals surface area contributed by atoms with Gasteiger partial charge in [-0.3, -0.25) is 4.79 Å². The molecule has 7 heteroatoms. The summed E-state index contributed by atoms with van der Waals surface area (Å²) in [7, 11) is -3.62. The molecule has 2 heterocycles. The zero-order valence-electron chi connectivity index (χ0n) is 16.3. The molecule has 0 unspecified atom stereocenters. The Hall–Kier alpha value is -1.70. The number of amides is 1. The highest BCUT2D eigenvalue weighted by atomic mass is 32.2. The van der Waals surface area contributed by atoms with Crippen molar-refractivity contribution in [2.24, 2.45) is 5.92 Å². The van der Waals surface area contributed by atoms with Crippen molar-refractivity contribution in [2.75, 3.05) is 13.1 Å². The lowest BCUT2D eigenvalue weighted by Gasteiger charge is -2.27. The number of carbonyl (C=O) groups is 1. The van der Waals surface area contributed by atoms with Gasteiger partial charge in [0.05, 0.1) is 4.90 Å². The van der Waals surface area contributed by atoms with Gasteiger partial charge in [-0.25, -0.2) is 8.42 Å². The Morgan fingerprint density at radius 2 is 2.07 bits per heavy atom. The van der Waals surface area contributed by atoms with Gasteiger partial charge in [0.1, 0.15) is 0 Å². The van der Waals surface area contributed by atoms with Crippen molar-refractivity contribution in [1.82, 2.24) is 9.21 Å². The van der Waals surface area contributed by atoms with Crippen LogP contribution in [-0.4, -0.2) is 42.7 Å². The molecule has 28 heavy (non-hydrogen) atoms. The lowest BCUT2D eigenvalue weighted by molar-refractivity contribution is 0.0722. The lowest BCUT2D eigenvalue weighted by Crippen LogP contribution is -2.37. The van der Waals surface area contributed by atoms with Crippen LogP contribution in [0.15, 0.2) is 40.6 Å². The van der Waals surface area contributed by atoms with Crippen molar-refractivity contribution in [3.05, 3.63) is 51.7 Å². The maximum Gasteiger partial charge on any atom is 0.254 e. The predicted octanol–water partition coefficient (Wildman–Crippen LogP) is 3.76. The van der Waals surface area contributed by atoms with Gasteiger partial charge in [-0.1, -0.05) is 19.9 Å². The number of sulfonamides is 1. The van der Waals surface area contributed by atoms with E-state index in [1.54, 1.807) is 35.6 Å². The second-order valence-electron chi connectivity index (χ2n) is 8.07. The molecule has 2 aliphatic rings. The van der Waals surface area contributed by atoms with Crippen LogP contribution in [-0.2, 0) is 23.0 Å². The van der Waals surface area contributed by atoms with Crippen LogP contribution in [0.5, 0.6) is 0 Å². The molecule has 1 aromatic heterocycles. The van der Waals surface area contributed by atoms with Crippen LogP contribution < -0.4 is 0 Å². The van der Waals surface area contributed by atoms with E-state index in [0.29, 0.717) is 37.2 Å². The van der Waals surface area contributed by atoms with E-state index in [9.17, 15) is 13.2 Å². The molecule has 1 fully saturated rings. The Bertz CT molecular complexity index is 977. The molecule has 5 nitrogen and oxygen atoms in total. The molecule has 0 bridgehead atoms. The fourth-order valence-electron chi connectivity index (χ4n) is 3.71. The molecule has 0 saturated heterocycles. The van der Waals surface area contributed by atoms with Gasteiger partial charge in [0, 0.05) is 36.1 Å². The van der Waals surface area contributed by atoms with Gasteiger partial charge in [-0.05, 0) is 60.4 Å². The Kier molecular flexibility index (Phi) is 5.33. The van der Waals surface area contributed by atoms with E-state index in [1.165, 1.54) is 9.18 Å². The molecule has 0 atom stereocenters. The van der Waals surface area contributed by atoms with Crippen LogP contribution in [0, 0.1) is 5.92 Å². The molecule has 0 N–H and O–H groups in total. The lowest BCUT2D eigenvalue weighted by atomic mass is 10.1. The monoisotopic (exact) mass is 418 g/mol. The zero-order valence-corrected chi connectivity index (χ0v) is 17.9. The standard InChI is InChI=1S/C21H26N2O3S2/c1-15(2)13-23(18-6-7-18)21(24)16-4-3-5-19(12-16)28(25,26)22-10-8-20-17(14-22)9-11-27-20/h3-5,9,11-12,15,18H,6-8,10,13-14H2,1-2H3. The van der Waals surface area contributed by atoms with E-state index < -0.39 is 10.0 Å². The largest absolute Gasteiger partial charge is 0.335 e. The number of hydrogen-bond acceptors (Lipinski definition) is 4. The molecular formula is C21H26N2O3S2. The van der Waals surface area contributed by atoms with Gasteiger partial charge in [-0.15, -0.1) is 11.3 Å². The first-order valence-electron chi connectivity index (χ1n) is 9.82. The number of hydrogen-bond donors (Lipinski definition) is 0. The van der Waals surface area contributed by atoms with Crippen LogP contribution in [0.25, 0.3) is 0 Å².